The standard InChI is InChI=1S/C20H30N2O3/c1-15(2)17-3-4-19(23)18(13-17)20(24)22-7-5-16(6-8-22)14-21-9-11-25-12-10-21/h3-4,13,15-16,23H,5-12,14H2,1-2H3. The second kappa shape index (κ2) is 8.19. The highest BCUT2D eigenvalue weighted by molar-refractivity contribution is 5.97. The van der Waals surface area contributed by atoms with Gasteiger partial charge in [0.25, 0.3) is 5.91 Å². The first kappa shape index (κ1) is 18.2. The molecule has 0 saturated carbocycles. The minimum absolute atomic E-state index is 0.0372. The number of morpholine rings is 1. The quantitative estimate of drug-likeness (QED) is 0.911. The molecule has 1 amide bonds. The van der Waals surface area contributed by atoms with Crippen LogP contribution in [0.15, 0.2) is 18.2 Å². The van der Waals surface area contributed by atoms with Gasteiger partial charge < -0.3 is 14.7 Å². The summed E-state index contributed by atoms with van der Waals surface area (Å²) in [7, 11) is 0. The molecule has 1 aromatic rings. The summed E-state index contributed by atoms with van der Waals surface area (Å²) in [5, 5.41) is 10.1. The summed E-state index contributed by atoms with van der Waals surface area (Å²) < 4.78 is 5.41. The number of phenolic OH excluding ortho intramolecular Hbond substituents is 1. The van der Waals surface area contributed by atoms with Crippen LogP contribution in [0.5, 0.6) is 5.75 Å². The van der Waals surface area contributed by atoms with Crippen LogP contribution in [0.4, 0.5) is 0 Å². The lowest BCUT2D eigenvalue weighted by Gasteiger charge is -2.36. The average Bonchev–Trinajstić information content (AvgIpc) is 2.63. The van der Waals surface area contributed by atoms with Gasteiger partial charge in [0.05, 0.1) is 18.8 Å². The van der Waals surface area contributed by atoms with Gasteiger partial charge >= 0.3 is 0 Å². The van der Waals surface area contributed by atoms with Crippen LogP contribution >= 0.6 is 0 Å². The molecule has 25 heavy (non-hydrogen) atoms. The van der Waals surface area contributed by atoms with Crippen molar-refractivity contribution < 1.29 is 14.6 Å². The summed E-state index contributed by atoms with van der Waals surface area (Å²) in [4.78, 5) is 17.2. The molecular weight excluding hydrogens is 316 g/mol. The van der Waals surface area contributed by atoms with E-state index in [2.05, 4.69) is 18.7 Å². The molecule has 5 heteroatoms. The summed E-state index contributed by atoms with van der Waals surface area (Å²) in [6.45, 7) is 10.6. The third-order valence-electron chi connectivity index (χ3n) is 5.44. The van der Waals surface area contributed by atoms with E-state index in [1.54, 1.807) is 6.07 Å². The van der Waals surface area contributed by atoms with E-state index in [0.717, 1.165) is 64.3 Å². The minimum Gasteiger partial charge on any atom is -0.507 e. The highest BCUT2D eigenvalue weighted by Crippen LogP contribution is 2.27. The third-order valence-corrected chi connectivity index (χ3v) is 5.44. The van der Waals surface area contributed by atoms with E-state index < -0.39 is 0 Å². The monoisotopic (exact) mass is 346 g/mol. The number of likely N-dealkylation sites (tertiary alicyclic amines) is 1. The molecule has 2 fully saturated rings. The molecule has 2 aliphatic heterocycles. The van der Waals surface area contributed by atoms with Crippen LogP contribution in [0.2, 0.25) is 0 Å². The van der Waals surface area contributed by atoms with Crippen LogP contribution in [0, 0.1) is 5.92 Å². The van der Waals surface area contributed by atoms with Crippen molar-refractivity contribution in [3.63, 3.8) is 0 Å². The molecule has 0 aromatic heterocycles. The molecule has 5 nitrogen and oxygen atoms in total. The highest BCUT2D eigenvalue weighted by atomic mass is 16.5. The van der Waals surface area contributed by atoms with Gasteiger partial charge in [-0.25, -0.2) is 0 Å². The van der Waals surface area contributed by atoms with Crippen molar-refractivity contribution >= 4 is 5.91 Å². The summed E-state index contributed by atoms with van der Waals surface area (Å²) in [5.74, 6) is 1.04. The average molecular weight is 346 g/mol. The number of ether oxygens (including phenoxy) is 1. The molecule has 0 unspecified atom stereocenters. The molecule has 0 radical (unpaired) electrons. The smallest absolute Gasteiger partial charge is 0.257 e. The Kier molecular flexibility index (Phi) is 5.97. The zero-order valence-corrected chi connectivity index (χ0v) is 15.4. The summed E-state index contributed by atoms with van der Waals surface area (Å²) in [6.07, 6.45) is 2.07. The second-order valence-electron chi connectivity index (χ2n) is 7.58. The number of aromatic hydroxyl groups is 1. The first-order valence-corrected chi connectivity index (χ1v) is 9.47. The Balaban J connectivity index is 1.57. The van der Waals surface area contributed by atoms with Crippen LogP contribution in [-0.2, 0) is 4.74 Å². The minimum atomic E-state index is -0.0372. The van der Waals surface area contributed by atoms with Gasteiger partial charge in [0, 0.05) is 32.7 Å². The van der Waals surface area contributed by atoms with Gasteiger partial charge in [0.15, 0.2) is 0 Å². The number of hydrogen-bond donors (Lipinski definition) is 1. The van der Waals surface area contributed by atoms with Crippen LogP contribution in [-0.4, -0.2) is 66.8 Å². The Hall–Kier alpha value is -1.59. The molecule has 0 aliphatic carbocycles. The molecule has 1 aromatic carbocycles. The highest BCUT2D eigenvalue weighted by Gasteiger charge is 2.27. The maximum absolute atomic E-state index is 12.8. The topological polar surface area (TPSA) is 53.0 Å². The molecular formula is C20H30N2O3. The van der Waals surface area contributed by atoms with Crippen molar-refractivity contribution in [2.24, 2.45) is 5.92 Å². The summed E-state index contributed by atoms with van der Waals surface area (Å²) in [6, 6.07) is 5.39. The van der Waals surface area contributed by atoms with Gasteiger partial charge in [-0.1, -0.05) is 19.9 Å². The van der Waals surface area contributed by atoms with Gasteiger partial charge in [-0.2, -0.15) is 0 Å². The van der Waals surface area contributed by atoms with E-state index in [4.69, 9.17) is 4.74 Å². The van der Waals surface area contributed by atoms with Gasteiger partial charge in [-0.05, 0) is 42.4 Å². The Morgan fingerprint density at radius 1 is 1.20 bits per heavy atom. The predicted octanol–water partition coefficient (Wildman–Crippen LogP) is 2.70. The molecule has 2 aliphatic rings. The number of phenols is 1. The maximum Gasteiger partial charge on any atom is 0.257 e. The number of nitrogens with zero attached hydrogens (tertiary/aromatic N) is 2. The largest absolute Gasteiger partial charge is 0.507 e. The van der Waals surface area contributed by atoms with E-state index in [-0.39, 0.29) is 11.7 Å². The summed E-state index contributed by atoms with van der Waals surface area (Å²) in [5.41, 5.74) is 1.53. The van der Waals surface area contributed by atoms with Gasteiger partial charge in [-0.15, -0.1) is 0 Å². The molecule has 138 valence electrons. The molecule has 2 heterocycles. The van der Waals surface area contributed by atoms with Crippen LogP contribution in [0.25, 0.3) is 0 Å². The van der Waals surface area contributed by atoms with E-state index >= 15 is 0 Å². The predicted molar refractivity (Wildman–Crippen MR) is 98.1 cm³/mol. The zero-order valence-electron chi connectivity index (χ0n) is 15.4. The Morgan fingerprint density at radius 2 is 1.88 bits per heavy atom. The lowest BCUT2D eigenvalue weighted by molar-refractivity contribution is 0.0242. The molecule has 3 rings (SSSR count). The number of piperidine rings is 1. The zero-order chi connectivity index (χ0) is 17.8. The molecule has 1 N–H and O–H groups in total. The number of hydrogen-bond acceptors (Lipinski definition) is 4. The van der Waals surface area contributed by atoms with Crippen LogP contribution < -0.4 is 0 Å². The normalized spacial score (nSPS) is 20.2. The van der Waals surface area contributed by atoms with E-state index in [9.17, 15) is 9.90 Å². The fourth-order valence-electron chi connectivity index (χ4n) is 3.72. The molecule has 0 spiro atoms. The van der Waals surface area contributed by atoms with Crippen molar-refractivity contribution in [3.8, 4) is 5.75 Å². The maximum atomic E-state index is 12.8. The first-order chi connectivity index (χ1) is 12.0. The van der Waals surface area contributed by atoms with E-state index in [1.165, 1.54) is 0 Å². The van der Waals surface area contributed by atoms with Gasteiger partial charge in [0.2, 0.25) is 0 Å². The molecule has 0 atom stereocenters. The van der Waals surface area contributed by atoms with Crippen molar-refractivity contribution in [1.29, 1.82) is 0 Å². The Morgan fingerprint density at radius 3 is 2.52 bits per heavy atom. The van der Waals surface area contributed by atoms with Crippen LogP contribution in [0.3, 0.4) is 0 Å². The third kappa shape index (κ3) is 4.53. The van der Waals surface area contributed by atoms with Gasteiger partial charge in [0.1, 0.15) is 5.75 Å². The fraction of sp³-hybridized carbons (Fsp3) is 0.650. The van der Waals surface area contributed by atoms with Gasteiger partial charge in [-0.3, -0.25) is 9.69 Å². The lowest BCUT2D eigenvalue weighted by atomic mass is 9.94. The van der Waals surface area contributed by atoms with E-state index in [0.29, 0.717) is 17.4 Å². The Bertz CT molecular complexity index is 589. The van der Waals surface area contributed by atoms with Crippen molar-refractivity contribution in [2.75, 3.05) is 45.9 Å². The number of carbonyl (C=O) groups excluding carboxylic acids is 1. The van der Waals surface area contributed by atoms with Crippen molar-refractivity contribution in [2.45, 2.75) is 32.6 Å². The number of carbonyl (C=O) groups is 1. The van der Waals surface area contributed by atoms with Crippen molar-refractivity contribution in [1.82, 2.24) is 9.80 Å². The summed E-state index contributed by atoms with van der Waals surface area (Å²) >= 11 is 0. The Labute approximate surface area is 150 Å². The number of amides is 1. The lowest BCUT2D eigenvalue weighted by Crippen LogP contribution is -2.44. The van der Waals surface area contributed by atoms with Crippen LogP contribution in [0.1, 0.15) is 48.5 Å². The number of benzene rings is 1. The molecule has 0 bridgehead atoms. The SMILES string of the molecule is CC(C)c1ccc(O)c(C(=O)N2CCC(CN3CCOCC3)CC2)c1. The second-order valence-corrected chi connectivity index (χ2v) is 7.58. The first-order valence-electron chi connectivity index (χ1n) is 9.47. The molecule has 2 saturated heterocycles. The van der Waals surface area contributed by atoms with Crippen molar-refractivity contribution in [3.05, 3.63) is 29.3 Å². The number of rotatable bonds is 4. The fourth-order valence-corrected chi connectivity index (χ4v) is 3.72. The van der Waals surface area contributed by atoms with E-state index in [1.807, 2.05) is 17.0 Å².